The van der Waals surface area contributed by atoms with E-state index < -0.39 is 11.9 Å². The van der Waals surface area contributed by atoms with Gasteiger partial charge in [-0.15, -0.1) is 0 Å². The molecule has 25 heavy (non-hydrogen) atoms. The van der Waals surface area contributed by atoms with Crippen molar-refractivity contribution in [2.45, 2.75) is 106 Å². The van der Waals surface area contributed by atoms with Crippen molar-refractivity contribution >= 4 is 11.9 Å². The quantitative estimate of drug-likeness (QED) is 0.342. The maximum Gasteiger partial charge on any atom is 0.303 e. The number of carboxylic acid groups (broad SMARTS) is 2. The van der Waals surface area contributed by atoms with Gasteiger partial charge in [0.25, 0.3) is 0 Å². The topological polar surface area (TPSA) is 74.6 Å². The van der Waals surface area contributed by atoms with Crippen LogP contribution in [0.25, 0.3) is 0 Å². The second kappa shape index (κ2) is 15.7. The molecule has 0 fully saturated rings. The Morgan fingerprint density at radius 3 is 1.20 bits per heavy atom. The molecule has 0 aliphatic carbocycles. The molecule has 4 nitrogen and oxygen atoms in total. The van der Waals surface area contributed by atoms with Gasteiger partial charge < -0.3 is 10.2 Å². The first-order valence-electron chi connectivity index (χ1n) is 9.27. The smallest absolute Gasteiger partial charge is 0.303 e. The minimum atomic E-state index is -0.682. The van der Waals surface area contributed by atoms with Gasteiger partial charge in [0.05, 0.1) is 0 Å². The van der Waals surface area contributed by atoms with E-state index in [2.05, 4.69) is 41.5 Å². The molecule has 0 aliphatic rings. The van der Waals surface area contributed by atoms with Crippen LogP contribution < -0.4 is 0 Å². The van der Waals surface area contributed by atoms with Gasteiger partial charge in [-0.3, -0.25) is 9.59 Å². The van der Waals surface area contributed by atoms with Crippen molar-refractivity contribution in [1.29, 1.82) is 0 Å². The molecule has 1 radical (unpaired) electrons. The summed E-state index contributed by atoms with van der Waals surface area (Å²) < 4.78 is 0. The normalized spacial score (nSPS) is 11.1. The Morgan fingerprint density at radius 2 is 0.880 bits per heavy atom. The summed E-state index contributed by atoms with van der Waals surface area (Å²) in [5.74, 6) is -1.35. The van der Waals surface area contributed by atoms with Crippen molar-refractivity contribution < 1.29 is 36.9 Å². The first-order chi connectivity index (χ1) is 10.8. The molecule has 0 aromatic rings. The van der Waals surface area contributed by atoms with E-state index in [9.17, 15) is 9.59 Å². The van der Waals surface area contributed by atoms with Crippen LogP contribution >= 0.6 is 0 Å². The van der Waals surface area contributed by atoms with Crippen molar-refractivity contribution in [2.75, 3.05) is 0 Å². The zero-order valence-corrected chi connectivity index (χ0v) is 18.3. The van der Waals surface area contributed by atoms with Crippen LogP contribution in [0.5, 0.6) is 0 Å². The molecule has 0 amide bonds. The van der Waals surface area contributed by atoms with Crippen LogP contribution in [0, 0.1) is 10.8 Å². The van der Waals surface area contributed by atoms with E-state index in [1.807, 2.05) is 0 Å². The molecule has 0 bridgehead atoms. The van der Waals surface area contributed by atoms with Crippen molar-refractivity contribution in [2.24, 2.45) is 10.8 Å². The summed E-state index contributed by atoms with van der Waals surface area (Å²) in [6, 6.07) is 0. The van der Waals surface area contributed by atoms with Crippen LogP contribution in [-0.4, -0.2) is 22.2 Å². The van der Waals surface area contributed by atoms with E-state index in [0.29, 0.717) is 23.7 Å². The van der Waals surface area contributed by atoms with Gasteiger partial charge in [-0.05, 0) is 36.5 Å². The summed E-state index contributed by atoms with van der Waals surface area (Å²) in [4.78, 5) is 20.3. The summed E-state index contributed by atoms with van der Waals surface area (Å²) in [7, 11) is 0. The Balaban J connectivity index is -0.000000377. The second-order valence-corrected chi connectivity index (χ2v) is 9.03. The van der Waals surface area contributed by atoms with Gasteiger partial charge >= 0.3 is 11.9 Å². The second-order valence-electron chi connectivity index (χ2n) is 9.03. The summed E-state index contributed by atoms with van der Waals surface area (Å²) in [6.07, 6.45) is 9.11. The van der Waals surface area contributed by atoms with Crippen molar-refractivity contribution in [3.8, 4) is 0 Å². The summed E-state index contributed by atoms with van der Waals surface area (Å²) >= 11 is 0. The molecule has 0 heterocycles. The Kier molecular flexibility index (Phi) is 18.4. The molecule has 0 saturated heterocycles. The Morgan fingerprint density at radius 1 is 0.600 bits per heavy atom. The number of carboxylic acids is 2. The van der Waals surface area contributed by atoms with Crippen LogP contribution in [0.4, 0.5) is 0 Å². The van der Waals surface area contributed by atoms with Crippen LogP contribution in [-0.2, 0) is 26.7 Å². The number of carbonyl (C=O) groups is 2. The fourth-order valence-electron chi connectivity index (χ4n) is 2.22. The molecular formula is C20H40MnO4. The molecule has 0 atom stereocenters. The van der Waals surface area contributed by atoms with Crippen molar-refractivity contribution in [1.82, 2.24) is 0 Å². The standard InChI is InChI=1S/C11H22O2.C9H18O2.Mn/c1-11(2,3)9-7-5-4-6-8-10(12)13;1-9(2,3)7-5-4-6-8(10)11;/h4-9H2,1-3H3,(H,12,13);4-7H2,1-3H3,(H,10,11);. The molecule has 0 aromatic carbocycles. The molecule has 0 spiro atoms. The number of rotatable bonds is 10. The van der Waals surface area contributed by atoms with E-state index in [1.165, 1.54) is 19.3 Å². The molecule has 2 N–H and O–H groups in total. The van der Waals surface area contributed by atoms with Gasteiger partial charge in [-0.1, -0.05) is 67.2 Å². The van der Waals surface area contributed by atoms with Gasteiger partial charge in [-0.25, -0.2) is 0 Å². The van der Waals surface area contributed by atoms with Gasteiger partial charge in [0, 0.05) is 29.9 Å². The zero-order valence-electron chi connectivity index (χ0n) is 17.2. The predicted octanol–water partition coefficient (Wildman–Crippen LogP) is 6.13. The van der Waals surface area contributed by atoms with E-state index in [1.54, 1.807) is 0 Å². The van der Waals surface area contributed by atoms with Crippen molar-refractivity contribution in [3.63, 3.8) is 0 Å². The van der Waals surface area contributed by atoms with Crippen LogP contribution in [0.1, 0.15) is 106 Å². The van der Waals surface area contributed by atoms with E-state index >= 15 is 0 Å². The minimum Gasteiger partial charge on any atom is -0.481 e. The fraction of sp³-hybridized carbons (Fsp3) is 0.900. The van der Waals surface area contributed by atoms with Crippen molar-refractivity contribution in [3.05, 3.63) is 0 Å². The van der Waals surface area contributed by atoms with Crippen LogP contribution in [0.15, 0.2) is 0 Å². The fourth-order valence-corrected chi connectivity index (χ4v) is 2.22. The average Bonchev–Trinajstić information content (AvgIpc) is 2.37. The van der Waals surface area contributed by atoms with E-state index in [0.717, 1.165) is 32.1 Å². The van der Waals surface area contributed by atoms with Crippen LogP contribution in [0.3, 0.4) is 0 Å². The maximum atomic E-state index is 10.2. The molecule has 5 heteroatoms. The van der Waals surface area contributed by atoms with E-state index in [-0.39, 0.29) is 17.1 Å². The SMILES string of the molecule is CC(C)(C)CCCCC(=O)O.CC(C)(C)CCCCCCC(=O)O.[Mn]. The van der Waals surface area contributed by atoms with E-state index in [4.69, 9.17) is 10.2 Å². The zero-order chi connectivity index (χ0) is 19.2. The predicted molar refractivity (Wildman–Crippen MR) is 100 cm³/mol. The number of hydrogen-bond donors (Lipinski definition) is 2. The van der Waals surface area contributed by atoms with Crippen LogP contribution in [0.2, 0.25) is 0 Å². The van der Waals surface area contributed by atoms with Gasteiger partial charge in [0.15, 0.2) is 0 Å². The summed E-state index contributed by atoms with van der Waals surface area (Å²) in [5, 5.41) is 16.7. The number of aliphatic carboxylic acids is 2. The molecular weight excluding hydrogens is 359 g/mol. The number of hydrogen-bond acceptors (Lipinski definition) is 2. The van der Waals surface area contributed by atoms with Gasteiger partial charge in [0.1, 0.15) is 0 Å². The third kappa shape index (κ3) is 35.4. The molecule has 0 unspecified atom stereocenters. The Bertz CT molecular complexity index is 341. The van der Waals surface area contributed by atoms with Gasteiger partial charge in [0.2, 0.25) is 0 Å². The first kappa shape index (κ1) is 29.2. The monoisotopic (exact) mass is 399 g/mol. The molecule has 0 saturated carbocycles. The summed E-state index contributed by atoms with van der Waals surface area (Å²) in [5.41, 5.74) is 0.769. The largest absolute Gasteiger partial charge is 0.481 e. The Labute approximate surface area is 165 Å². The molecule has 0 aromatic heterocycles. The molecule has 0 rings (SSSR count). The average molecular weight is 399 g/mol. The van der Waals surface area contributed by atoms with Gasteiger partial charge in [-0.2, -0.15) is 0 Å². The maximum absolute atomic E-state index is 10.2. The number of unbranched alkanes of at least 4 members (excludes halogenated alkanes) is 4. The first-order valence-corrected chi connectivity index (χ1v) is 9.27. The molecule has 0 aliphatic heterocycles. The minimum absolute atomic E-state index is 0. The third-order valence-electron chi connectivity index (χ3n) is 3.63. The third-order valence-corrected chi connectivity index (χ3v) is 3.63. The summed E-state index contributed by atoms with van der Waals surface area (Å²) in [6.45, 7) is 13.2. The Hall–Kier alpha value is -0.541. The molecule has 151 valence electrons.